The van der Waals surface area contributed by atoms with Gasteiger partial charge in [-0.2, -0.15) is 11.8 Å². The fraction of sp³-hybridized carbons (Fsp3) is 0.700. The van der Waals surface area contributed by atoms with Gasteiger partial charge in [0.15, 0.2) is 0 Å². The highest BCUT2D eigenvalue weighted by molar-refractivity contribution is 7.98. The molecule has 1 N–H and O–H groups in total. The summed E-state index contributed by atoms with van der Waals surface area (Å²) in [6, 6.07) is 0. The van der Waals surface area contributed by atoms with E-state index in [0.29, 0.717) is 0 Å². The van der Waals surface area contributed by atoms with E-state index in [-0.39, 0.29) is 6.42 Å². The van der Waals surface area contributed by atoms with Crippen LogP contribution in [-0.4, -0.2) is 53.1 Å². The Balaban J connectivity index is 0.000000265. The van der Waals surface area contributed by atoms with Crippen LogP contribution in [0, 0.1) is 0 Å². The molecule has 1 rings (SSSR count). The van der Waals surface area contributed by atoms with Crippen LogP contribution in [0.1, 0.15) is 13.3 Å². The summed E-state index contributed by atoms with van der Waals surface area (Å²) in [5.74, 6) is 0.00403. The minimum absolute atomic E-state index is 0.279. The van der Waals surface area contributed by atoms with Crippen molar-refractivity contribution in [1.82, 2.24) is 9.80 Å². The van der Waals surface area contributed by atoms with Crippen molar-refractivity contribution >= 4 is 17.7 Å². The summed E-state index contributed by atoms with van der Waals surface area (Å²) in [4.78, 5) is 14.2. The molecule has 0 spiro atoms. The third kappa shape index (κ3) is 8.17. The van der Waals surface area contributed by atoms with E-state index >= 15 is 0 Å². The van der Waals surface area contributed by atoms with Crippen molar-refractivity contribution in [2.75, 3.05) is 32.3 Å². The van der Waals surface area contributed by atoms with E-state index in [1.165, 1.54) is 0 Å². The second-order valence-corrected chi connectivity index (χ2v) is 4.22. The van der Waals surface area contributed by atoms with Crippen LogP contribution < -0.4 is 0 Å². The molecule has 0 amide bonds. The summed E-state index contributed by atoms with van der Waals surface area (Å²) in [5.41, 5.74) is 0. The average Bonchev–Trinajstić information content (AvgIpc) is 2.62. The molecule has 0 unspecified atom stereocenters. The molecule has 0 radical (unpaired) electrons. The maximum atomic E-state index is 9.74. The van der Waals surface area contributed by atoms with E-state index in [1.54, 1.807) is 11.8 Å². The van der Waals surface area contributed by atoms with Crippen molar-refractivity contribution in [2.45, 2.75) is 13.3 Å². The van der Waals surface area contributed by atoms with Crippen LogP contribution in [-0.2, 0) is 4.79 Å². The second-order valence-electron chi connectivity index (χ2n) is 3.24. The van der Waals surface area contributed by atoms with Crippen LogP contribution in [0.15, 0.2) is 12.4 Å². The van der Waals surface area contributed by atoms with Crippen molar-refractivity contribution in [3.05, 3.63) is 12.4 Å². The van der Waals surface area contributed by atoms with Gasteiger partial charge in [0, 0.05) is 31.7 Å². The minimum atomic E-state index is -0.714. The van der Waals surface area contributed by atoms with E-state index in [4.69, 9.17) is 5.11 Å². The molecule has 0 aromatic rings. The monoisotopic (exact) mass is 232 g/mol. The molecule has 5 heteroatoms. The van der Waals surface area contributed by atoms with E-state index in [9.17, 15) is 4.79 Å². The number of nitrogens with zero attached hydrogens (tertiary/aromatic N) is 2. The molecule has 0 aromatic carbocycles. The summed E-state index contributed by atoms with van der Waals surface area (Å²) in [5, 5.41) is 8.03. The number of carboxylic acids is 1. The fourth-order valence-corrected chi connectivity index (χ4v) is 1.36. The lowest BCUT2D eigenvalue weighted by molar-refractivity contribution is -0.136. The van der Waals surface area contributed by atoms with Gasteiger partial charge in [-0.05, 0) is 13.2 Å². The van der Waals surface area contributed by atoms with Gasteiger partial charge < -0.3 is 14.9 Å². The van der Waals surface area contributed by atoms with Crippen molar-refractivity contribution in [2.24, 2.45) is 0 Å². The molecule has 0 atom stereocenters. The van der Waals surface area contributed by atoms with Crippen molar-refractivity contribution in [3.8, 4) is 0 Å². The summed E-state index contributed by atoms with van der Waals surface area (Å²) < 4.78 is 0. The van der Waals surface area contributed by atoms with Crippen LogP contribution in [0.2, 0.25) is 0 Å². The molecule has 0 saturated carbocycles. The Morgan fingerprint density at radius 3 is 2.40 bits per heavy atom. The zero-order valence-electron chi connectivity index (χ0n) is 9.64. The number of carboxylic acid groups (broad SMARTS) is 1. The number of aliphatic carboxylic acids is 1. The molecule has 0 bridgehead atoms. The molecule has 15 heavy (non-hydrogen) atoms. The third-order valence-corrected chi connectivity index (χ3v) is 2.48. The molecule has 0 aromatic heterocycles. The highest BCUT2D eigenvalue weighted by Crippen LogP contribution is 2.00. The Labute approximate surface area is 95.9 Å². The normalized spacial score (nSPS) is 13.8. The van der Waals surface area contributed by atoms with Crippen molar-refractivity contribution < 1.29 is 9.90 Å². The average molecular weight is 232 g/mol. The van der Waals surface area contributed by atoms with Crippen LogP contribution >= 0.6 is 11.8 Å². The minimum Gasteiger partial charge on any atom is -0.481 e. The smallest absolute Gasteiger partial charge is 0.304 e. The van der Waals surface area contributed by atoms with Crippen molar-refractivity contribution in [3.63, 3.8) is 0 Å². The molecule has 0 saturated heterocycles. The van der Waals surface area contributed by atoms with Gasteiger partial charge in [-0.1, -0.05) is 0 Å². The maximum absolute atomic E-state index is 9.74. The van der Waals surface area contributed by atoms with E-state index in [0.717, 1.165) is 19.0 Å². The maximum Gasteiger partial charge on any atom is 0.304 e. The number of thioether (sulfide) groups is 1. The summed E-state index contributed by atoms with van der Waals surface area (Å²) in [6.07, 6.45) is 6.37. The Hall–Kier alpha value is -0.840. The molecule has 0 aliphatic carbocycles. The van der Waals surface area contributed by atoms with Gasteiger partial charge in [0.1, 0.15) is 0 Å². The van der Waals surface area contributed by atoms with Crippen LogP contribution in [0.3, 0.4) is 0 Å². The van der Waals surface area contributed by atoms with E-state index in [2.05, 4.69) is 36.2 Å². The van der Waals surface area contributed by atoms with Crippen LogP contribution in [0.5, 0.6) is 0 Å². The summed E-state index contributed by atoms with van der Waals surface area (Å²) in [6.45, 7) is 4.32. The SMILES string of the molecule is CCN1C=CN(C)C1.CSCCC(=O)O. The lowest BCUT2D eigenvalue weighted by Gasteiger charge is -2.14. The second kappa shape index (κ2) is 8.47. The quantitative estimate of drug-likeness (QED) is 0.796. The Morgan fingerprint density at radius 1 is 1.53 bits per heavy atom. The molecule has 88 valence electrons. The van der Waals surface area contributed by atoms with Gasteiger partial charge in [0.2, 0.25) is 0 Å². The Morgan fingerprint density at radius 2 is 2.20 bits per heavy atom. The van der Waals surface area contributed by atoms with E-state index < -0.39 is 5.97 Å². The number of rotatable bonds is 4. The van der Waals surface area contributed by atoms with Gasteiger partial charge in [0.05, 0.1) is 13.1 Å². The zero-order chi connectivity index (χ0) is 11.7. The molecule has 4 nitrogen and oxygen atoms in total. The number of hydrogen-bond acceptors (Lipinski definition) is 4. The highest BCUT2D eigenvalue weighted by Gasteiger charge is 2.03. The van der Waals surface area contributed by atoms with Gasteiger partial charge >= 0.3 is 5.97 Å². The Bertz CT molecular complexity index is 210. The van der Waals surface area contributed by atoms with E-state index in [1.807, 2.05) is 6.26 Å². The molecular formula is C10H20N2O2S. The number of hydrogen-bond donors (Lipinski definition) is 1. The predicted octanol–water partition coefficient (Wildman–Crippen LogP) is 1.51. The molecule has 1 aliphatic rings. The van der Waals surface area contributed by atoms with Crippen molar-refractivity contribution in [1.29, 1.82) is 0 Å². The lowest BCUT2D eigenvalue weighted by atomic mass is 10.5. The first-order valence-electron chi connectivity index (χ1n) is 4.93. The van der Waals surface area contributed by atoms with Gasteiger partial charge in [0.25, 0.3) is 0 Å². The highest BCUT2D eigenvalue weighted by atomic mass is 32.2. The first-order chi connectivity index (χ1) is 7.10. The standard InChI is InChI=1S/C6H12N2.C4H8O2S/c1-3-8-5-4-7(2)6-8;1-7-3-2-4(5)6/h4-5H,3,6H2,1-2H3;2-3H2,1H3,(H,5,6). The zero-order valence-corrected chi connectivity index (χ0v) is 10.5. The summed E-state index contributed by atoms with van der Waals surface area (Å²) in [7, 11) is 2.08. The molecule has 1 aliphatic heterocycles. The predicted molar refractivity (Wildman–Crippen MR) is 64.8 cm³/mol. The number of carbonyl (C=O) groups is 1. The largest absolute Gasteiger partial charge is 0.481 e. The fourth-order valence-electron chi connectivity index (χ4n) is 0.984. The Kier molecular flexibility index (Phi) is 7.99. The lowest BCUT2D eigenvalue weighted by Crippen LogP contribution is -2.21. The molecular weight excluding hydrogens is 212 g/mol. The first kappa shape index (κ1) is 14.2. The molecule has 1 heterocycles. The van der Waals surface area contributed by atoms with Gasteiger partial charge in [-0.3, -0.25) is 4.79 Å². The van der Waals surface area contributed by atoms with Gasteiger partial charge in [-0.15, -0.1) is 0 Å². The van der Waals surface area contributed by atoms with Crippen LogP contribution in [0.4, 0.5) is 0 Å². The van der Waals surface area contributed by atoms with Gasteiger partial charge in [-0.25, -0.2) is 0 Å². The third-order valence-electron chi connectivity index (χ3n) is 1.86. The molecule has 0 fully saturated rings. The summed E-state index contributed by atoms with van der Waals surface area (Å²) >= 11 is 1.55. The topological polar surface area (TPSA) is 43.8 Å². The van der Waals surface area contributed by atoms with Crippen LogP contribution in [0.25, 0.3) is 0 Å². The first-order valence-corrected chi connectivity index (χ1v) is 6.32.